The van der Waals surface area contributed by atoms with E-state index in [2.05, 4.69) is 52.5 Å². The summed E-state index contributed by atoms with van der Waals surface area (Å²) in [5.74, 6) is -0.458. The number of thiophene rings is 1. The maximum absolute atomic E-state index is 16.9. The monoisotopic (exact) mass is 1110 g/mol. The number of hydrogen-bond acceptors (Lipinski definition) is 11. The highest BCUT2D eigenvalue weighted by Crippen LogP contribution is 2.48. The van der Waals surface area contributed by atoms with Gasteiger partial charge in [0.2, 0.25) is 18.0 Å². The number of benzene rings is 2. The fourth-order valence-corrected chi connectivity index (χ4v) is 12.1. The minimum atomic E-state index is -0.740. The summed E-state index contributed by atoms with van der Waals surface area (Å²) in [7, 11) is 2.59. The highest BCUT2D eigenvalue weighted by molar-refractivity contribution is 7.59. The van der Waals surface area contributed by atoms with Gasteiger partial charge in [-0.25, -0.2) is 14.0 Å². The normalized spacial score (nSPS) is 20.7. The average molecular weight is 1110 g/mol. The van der Waals surface area contributed by atoms with Crippen molar-refractivity contribution >= 4 is 123 Å². The number of alkyl carbamates (subject to hydrolysis) is 2. The van der Waals surface area contributed by atoms with E-state index in [1.165, 1.54) is 19.1 Å². The number of amides is 4. The summed E-state index contributed by atoms with van der Waals surface area (Å²) < 4.78 is 41.2. The van der Waals surface area contributed by atoms with Gasteiger partial charge in [0.25, 0.3) is 0 Å². The van der Waals surface area contributed by atoms with E-state index in [-0.39, 0.29) is 89.7 Å². The van der Waals surface area contributed by atoms with Crippen molar-refractivity contribution in [3.63, 3.8) is 0 Å². The molecule has 3 saturated heterocycles. The Balaban J connectivity index is 0.00000223. The summed E-state index contributed by atoms with van der Waals surface area (Å²) >= 11 is 1.68. The summed E-state index contributed by atoms with van der Waals surface area (Å²) in [6.45, 7) is 8.13. The van der Waals surface area contributed by atoms with Crippen LogP contribution in [0.1, 0.15) is 99.2 Å². The van der Waals surface area contributed by atoms with E-state index in [4.69, 9.17) is 28.9 Å². The first-order valence-corrected chi connectivity index (χ1v) is 25.4. The summed E-state index contributed by atoms with van der Waals surface area (Å²) in [5.41, 5.74) is 7.25. The molecule has 5 atom stereocenters. The molecule has 0 saturated carbocycles. The Labute approximate surface area is 463 Å². The molecule has 6 aliphatic rings. The van der Waals surface area contributed by atoms with Crippen LogP contribution < -0.4 is 15.4 Å². The van der Waals surface area contributed by atoms with Crippen LogP contribution in [0, 0.1) is 17.7 Å². The van der Waals surface area contributed by atoms with Gasteiger partial charge < -0.3 is 39.4 Å². The van der Waals surface area contributed by atoms with Crippen LogP contribution in [-0.2, 0) is 30.2 Å². The topological polar surface area (TPSA) is 165 Å². The van der Waals surface area contributed by atoms with Crippen LogP contribution in [0.15, 0.2) is 70.9 Å². The zero-order valence-corrected chi connectivity index (χ0v) is 47.1. The number of likely N-dealkylation sites (tertiary alicyclic amines) is 2. The average Bonchev–Trinajstić information content (AvgIpc) is 4.24. The lowest BCUT2D eigenvalue weighted by Gasteiger charge is -2.34. The van der Waals surface area contributed by atoms with Crippen LogP contribution in [0.3, 0.4) is 0 Å². The van der Waals surface area contributed by atoms with E-state index >= 15 is 4.39 Å². The molecule has 3 fully saturated rings. The van der Waals surface area contributed by atoms with E-state index in [1.807, 2.05) is 42.0 Å². The Bertz CT molecular complexity index is 2880. The molecular formula is C53H68FN7O8S5. The fourth-order valence-electron chi connectivity index (χ4n) is 11.1. The number of aryl methyl sites for hydroxylation is 1. The van der Waals surface area contributed by atoms with E-state index in [9.17, 15) is 19.2 Å². The van der Waals surface area contributed by atoms with Gasteiger partial charge in [0, 0.05) is 73.2 Å². The zero-order chi connectivity index (χ0) is 48.8. The molecule has 8 heterocycles. The van der Waals surface area contributed by atoms with Crippen LogP contribution in [0.25, 0.3) is 33.3 Å². The number of hydrogen-bond donors (Lipinski definition) is 2. The zero-order valence-electron chi connectivity index (χ0n) is 42.3. The Hall–Kier alpha value is -4.93. The van der Waals surface area contributed by atoms with Crippen molar-refractivity contribution in [1.29, 1.82) is 0 Å². The van der Waals surface area contributed by atoms with Crippen LogP contribution in [-0.4, -0.2) is 114 Å². The predicted molar refractivity (Wildman–Crippen MR) is 308 cm³/mol. The third-order valence-corrected chi connectivity index (χ3v) is 16.1. The van der Waals surface area contributed by atoms with Crippen molar-refractivity contribution in [2.45, 2.75) is 109 Å². The van der Waals surface area contributed by atoms with Gasteiger partial charge >= 0.3 is 12.2 Å². The second-order valence-corrected chi connectivity index (χ2v) is 20.5. The van der Waals surface area contributed by atoms with Crippen molar-refractivity contribution < 1.29 is 42.5 Å². The first-order chi connectivity index (χ1) is 33.9. The molecule has 74 heavy (non-hydrogen) atoms. The van der Waals surface area contributed by atoms with E-state index in [0.29, 0.717) is 74.6 Å². The number of carbonyl (C=O) groups is 4. The largest absolute Gasteiger partial charge is 0.464 e. The number of methoxy groups -OCH3 is 2. The number of nitrogens with zero attached hydrogens (tertiary/aromatic N) is 5. The van der Waals surface area contributed by atoms with Crippen molar-refractivity contribution in [3.05, 3.63) is 87.6 Å². The summed E-state index contributed by atoms with van der Waals surface area (Å²) in [4.78, 5) is 68.3. The molecule has 2 aromatic heterocycles. The number of rotatable bonds is 12. The van der Waals surface area contributed by atoms with Crippen molar-refractivity contribution in [2.24, 2.45) is 21.8 Å². The van der Waals surface area contributed by atoms with E-state index < -0.39 is 36.3 Å². The number of nitrogens with one attached hydrogen (secondary N) is 2. The number of ether oxygens (including phenoxy) is 4. The van der Waals surface area contributed by atoms with Crippen LogP contribution in [0.4, 0.5) is 14.0 Å². The number of fused-ring (bicyclic) bond motifs is 5. The molecule has 400 valence electrons. The minimum Gasteiger partial charge on any atom is -0.464 e. The molecule has 15 nitrogen and oxygen atoms in total. The van der Waals surface area contributed by atoms with Crippen molar-refractivity contribution in [2.75, 3.05) is 40.5 Å². The lowest BCUT2D eigenvalue weighted by atomic mass is 9.90. The molecule has 6 aliphatic heterocycles. The van der Waals surface area contributed by atoms with Gasteiger partial charge in [0.1, 0.15) is 23.7 Å². The van der Waals surface area contributed by atoms with Gasteiger partial charge in [-0.05, 0) is 122 Å². The van der Waals surface area contributed by atoms with Gasteiger partial charge in [-0.2, -0.15) is 54.0 Å². The second kappa shape index (κ2) is 24.8. The van der Waals surface area contributed by atoms with Gasteiger partial charge in [-0.3, -0.25) is 24.1 Å². The van der Waals surface area contributed by atoms with E-state index in [1.54, 1.807) is 23.6 Å². The molecule has 10 rings (SSSR count). The van der Waals surface area contributed by atoms with Gasteiger partial charge in [-0.15, -0.1) is 11.3 Å². The number of halogens is 1. The molecule has 0 spiro atoms. The minimum absolute atomic E-state index is 0. The molecule has 1 unspecified atom stereocenters. The molecule has 2 N–H and O–H groups in total. The molecule has 2 aromatic carbocycles. The lowest BCUT2D eigenvalue weighted by molar-refractivity contribution is -0.135. The molecule has 21 heteroatoms. The number of allylic oxidation sites excluding steroid dienone is 2. The quantitative estimate of drug-likeness (QED) is 0.142. The molecule has 4 aromatic rings. The Morgan fingerprint density at radius 3 is 2.01 bits per heavy atom. The van der Waals surface area contributed by atoms with Crippen molar-refractivity contribution in [3.8, 4) is 17.0 Å². The standard InChI is InChI=1S/C53H60FN7O8S.4H2S/c1-6-36-12-14-45(70-36)51-61-40-13-11-31(34-23-38(55-27-34)42-10-8-18-60(42)50(63)48(58-53(65)67-5)30-15-19-68-20-16-30)21-33(40)25-43(61)46-37(54)22-32(26-44(46)69-51)35-24-39(56-28-35)41-9-7-17-59(41)49(62)47(29(2)3)57-52(64)66-4;;;;/h11-14,21-22,25-30,41-42,47-48,51H,6-10,15-20,23-24H2,1-5H3,(H,57,64)(H,58,65);4*1H2/t41-,42-,47-,48-,51?;;;;/m0..../s1. The molecule has 0 radical (unpaired) electrons. The van der Waals surface area contributed by atoms with Crippen LogP contribution in [0.5, 0.6) is 5.75 Å². The third-order valence-electron chi connectivity index (χ3n) is 14.8. The Kier molecular flexibility index (Phi) is 19.6. The SMILES string of the molecule is CCc1ccc(C2Oc3cc(C4=CN=C([C@@H]5CCCN5C(=O)[C@@H](NC(=O)OC)C(C)C)C4)cc(F)c3-c3cc4cc(C5=CN=C([C@@H]6CCCN6C(=O)[C@@H](NC(=O)OC)C6CCOCC6)C5)ccc4n32)s1.S.S.S.S. The predicted octanol–water partition coefficient (Wildman–Crippen LogP) is 9.35. The summed E-state index contributed by atoms with van der Waals surface area (Å²) in [6, 6.07) is 14.2. The summed E-state index contributed by atoms with van der Waals surface area (Å²) in [6.07, 6.45) is 8.27. The Morgan fingerprint density at radius 1 is 0.784 bits per heavy atom. The Morgan fingerprint density at radius 2 is 1.41 bits per heavy atom. The number of carbonyl (C=O) groups excluding carboxylic acids is 4. The van der Waals surface area contributed by atoms with Crippen LogP contribution in [0.2, 0.25) is 0 Å². The van der Waals surface area contributed by atoms with E-state index in [0.717, 1.165) is 76.0 Å². The van der Waals surface area contributed by atoms with Crippen LogP contribution >= 0.6 is 65.3 Å². The fraction of sp³-hybridized carbons (Fsp3) is 0.472. The highest BCUT2D eigenvalue weighted by Gasteiger charge is 2.42. The lowest BCUT2D eigenvalue weighted by Crippen LogP contribution is -2.55. The number of aromatic nitrogens is 1. The maximum atomic E-state index is 16.9. The van der Waals surface area contributed by atoms with Gasteiger partial charge in [0.15, 0.2) is 0 Å². The molecule has 0 bridgehead atoms. The maximum Gasteiger partial charge on any atom is 0.407 e. The first-order valence-electron chi connectivity index (χ1n) is 24.6. The second-order valence-electron chi connectivity index (χ2n) is 19.3. The smallest absolute Gasteiger partial charge is 0.407 e. The van der Waals surface area contributed by atoms with Gasteiger partial charge in [-0.1, -0.05) is 26.8 Å². The summed E-state index contributed by atoms with van der Waals surface area (Å²) in [5, 5.41) is 6.48. The van der Waals surface area contributed by atoms with Crippen molar-refractivity contribution in [1.82, 2.24) is 25.0 Å². The highest BCUT2D eigenvalue weighted by atomic mass is 32.1. The molecule has 0 aliphatic carbocycles. The number of aliphatic imine (C=N–C) groups is 2. The molecular weight excluding hydrogens is 1040 g/mol. The van der Waals surface area contributed by atoms with Gasteiger partial charge in [0.05, 0.1) is 48.0 Å². The third kappa shape index (κ3) is 11.3. The molecule has 4 amide bonds. The first kappa shape index (κ1) is 58.3.